The van der Waals surface area contributed by atoms with Crippen LogP contribution in [0.15, 0.2) is 51.1 Å². The molecule has 0 atom stereocenters. The minimum atomic E-state index is 0.407. The van der Waals surface area contributed by atoms with Crippen LogP contribution in [0.2, 0.25) is 5.15 Å². The van der Waals surface area contributed by atoms with Crippen molar-refractivity contribution in [2.75, 3.05) is 0 Å². The molecule has 0 unspecified atom stereocenters. The summed E-state index contributed by atoms with van der Waals surface area (Å²) in [6.07, 6.45) is 1.46. The van der Waals surface area contributed by atoms with E-state index in [0.717, 1.165) is 14.4 Å². The molecule has 0 aliphatic rings. The molecule has 4 nitrogen and oxygen atoms in total. The van der Waals surface area contributed by atoms with E-state index in [2.05, 4.69) is 31.0 Å². The normalized spacial score (nSPS) is 11.0. The standard InChI is InChI=1S/C11H6BrClN4S/c12-7-3-1-2-4-8(7)18-10-5-9(13)16-11-14-6-15-17(10)11/h1-6H. The van der Waals surface area contributed by atoms with Gasteiger partial charge in [-0.05, 0) is 28.1 Å². The Labute approximate surface area is 121 Å². The molecule has 7 heteroatoms. The molecule has 1 aromatic carbocycles. The summed E-state index contributed by atoms with van der Waals surface area (Å²) >= 11 is 11.0. The number of benzene rings is 1. The van der Waals surface area contributed by atoms with Crippen molar-refractivity contribution in [3.05, 3.63) is 46.3 Å². The van der Waals surface area contributed by atoms with Gasteiger partial charge in [0.15, 0.2) is 0 Å². The summed E-state index contributed by atoms with van der Waals surface area (Å²) in [6, 6.07) is 9.73. The number of hydrogen-bond donors (Lipinski definition) is 0. The average Bonchev–Trinajstić information content (AvgIpc) is 2.80. The molecular weight excluding hydrogens is 336 g/mol. The second kappa shape index (κ2) is 4.87. The van der Waals surface area contributed by atoms with E-state index in [9.17, 15) is 0 Å². The minimum Gasteiger partial charge on any atom is -0.199 e. The SMILES string of the molecule is Clc1cc(Sc2ccccc2Br)n2ncnc2n1. The first kappa shape index (κ1) is 12.0. The monoisotopic (exact) mass is 340 g/mol. The van der Waals surface area contributed by atoms with E-state index in [4.69, 9.17) is 11.6 Å². The molecule has 0 saturated carbocycles. The summed E-state index contributed by atoms with van der Waals surface area (Å²) in [5.74, 6) is 0.497. The molecule has 2 aromatic heterocycles. The highest BCUT2D eigenvalue weighted by Crippen LogP contribution is 2.33. The Bertz CT molecular complexity index is 715. The quantitative estimate of drug-likeness (QED) is 0.667. The first-order valence-corrected chi connectivity index (χ1v) is 7.01. The van der Waals surface area contributed by atoms with Gasteiger partial charge in [-0.1, -0.05) is 35.5 Å². The largest absolute Gasteiger partial charge is 0.254 e. The van der Waals surface area contributed by atoms with Crippen molar-refractivity contribution in [3.63, 3.8) is 0 Å². The molecule has 2 heterocycles. The number of aromatic nitrogens is 4. The van der Waals surface area contributed by atoms with E-state index in [-0.39, 0.29) is 0 Å². The highest BCUT2D eigenvalue weighted by atomic mass is 79.9. The smallest absolute Gasteiger partial charge is 0.199 e. The Morgan fingerprint density at radius 1 is 1.28 bits per heavy atom. The maximum Gasteiger partial charge on any atom is 0.254 e. The van der Waals surface area contributed by atoms with Gasteiger partial charge in [0.2, 0.25) is 0 Å². The van der Waals surface area contributed by atoms with Crippen molar-refractivity contribution in [3.8, 4) is 0 Å². The van der Waals surface area contributed by atoms with Crippen LogP contribution in [-0.2, 0) is 0 Å². The first-order valence-electron chi connectivity index (χ1n) is 5.03. The lowest BCUT2D eigenvalue weighted by Crippen LogP contribution is -1.95. The van der Waals surface area contributed by atoms with Crippen LogP contribution in [0.5, 0.6) is 0 Å². The van der Waals surface area contributed by atoms with Crippen LogP contribution < -0.4 is 0 Å². The number of hydrogen-bond acceptors (Lipinski definition) is 4. The summed E-state index contributed by atoms with van der Waals surface area (Å²) in [6.45, 7) is 0. The van der Waals surface area contributed by atoms with Crippen LogP contribution in [0.3, 0.4) is 0 Å². The number of rotatable bonds is 2. The van der Waals surface area contributed by atoms with E-state index in [1.807, 2.05) is 24.3 Å². The van der Waals surface area contributed by atoms with E-state index in [0.29, 0.717) is 10.9 Å². The van der Waals surface area contributed by atoms with Crippen molar-refractivity contribution in [1.82, 2.24) is 19.6 Å². The summed E-state index contributed by atoms with van der Waals surface area (Å²) in [5.41, 5.74) is 0. The van der Waals surface area contributed by atoms with Crippen LogP contribution in [0.4, 0.5) is 0 Å². The van der Waals surface area contributed by atoms with Gasteiger partial charge in [0.05, 0.1) is 0 Å². The maximum absolute atomic E-state index is 5.97. The Balaban J connectivity index is 2.10. The summed E-state index contributed by atoms with van der Waals surface area (Å²) < 4.78 is 2.69. The Morgan fingerprint density at radius 3 is 2.94 bits per heavy atom. The van der Waals surface area contributed by atoms with E-state index in [1.165, 1.54) is 6.33 Å². The lowest BCUT2D eigenvalue weighted by Gasteiger charge is -2.05. The van der Waals surface area contributed by atoms with Crippen LogP contribution in [-0.4, -0.2) is 19.6 Å². The molecular formula is C11H6BrClN4S. The van der Waals surface area contributed by atoms with Gasteiger partial charge in [0.1, 0.15) is 16.5 Å². The molecule has 0 fully saturated rings. The minimum absolute atomic E-state index is 0.407. The fraction of sp³-hybridized carbons (Fsp3) is 0. The second-order valence-corrected chi connectivity index (χ2v) is 5.73. The molecule has 0 saturated heterocycles. The Kier molecular flexibility index (Phi) is 3.23. The molecule has 18 heavy (non-hydrogen) atoms. The highest BCUT2D eigenvalue weighted by Gasteiger charge is 2.09. The molecule has 0 aliphatic heterocycles. The Morgan fingerprint density at radius 2 is 2.11 bits per heavy atom. The fourth-order valence-electron chi connectivity index (χ4n) is 1.47. The van der Waals surface area contributed by atoms with Crippen LogP contribution >= 0.6 is 39.3 Å². The molecule has 0 aliphatic carbocycles. The van der Waals surface area contributed by atoms with E-state index < -0.39 is 0 Å². The lowest BCUT2D eigenvalue weighted by molar-refractivity contribution is 0.842. The summed E-state index contributed by atoms with van der Waals surface area (Å²) in [7, 11) is 0. The third-order valence-electron chi connectivity index (χ3n) is 2.24. The van der Waals surface area contributed by atoms with Gasteiger partial charge in [0, 0.05) is 15.4 Å². The first-order chi connectivity index (χ1) is 8.74. The molecule has 0 spiro atoms. The number of nitrogens with zero attached hydrogens (tertiary/aromatic N) is 4. The lowest BCUT2D eigenvalue weighted by atomic mass is 10.4. The van der Waals surface area contributed by atoms with Gasteiger partial charge >= 0.3 is 0 Å². The molecule has 3 rings (SSSR count). The van der Waals surface area contributed by atoms with Crippen molar-refractivity contribution in [1.29, 1.82) is 0 Å². The fourth-order valence-corrected chi connectivity index (χ4v) is 3.17. The van der Waals surface area contributed by atoms with Crippen LogP contribution in [0.1, 0.15) is 0 Å². The van der Waals surface area contributed by atoms with Gasteiger partial charge < -0.3 is 0 Å². The van der Waals surface area contributed by atoms with Gasteiger partial charge in [-0.15, -0.1) is 0 Å². The van der Waals surface area contributed by atoms with Gasteiger partial charge in [-0.3, -0.25) is 0 Å². The van der Waals surface area contributed by atoms with Gasteiger partial charge in [-0.2, -0.15) is 19.6 Å². The molecule has 3 aromatic rings. The van der Waals surface area contributed by atoms with Crippen molar-refractivity contribution < 1.29 is 0 Å². The molecule has 0 N–H and O–H groups in total. The predicted octanol–water partition coefficient (Wildman–Crippen LogP) is 3.69. The third kappa shape index (κ3) is 2.23. The average molecular weight is 342 g/mol. The van der Waals surface area contributed by atoms with E-state index >= 15 is 0 Å². The Hall–Kier alpha value is -1.11. The van der Waals surface area contributed by atoms with Crippen LogP contribution in [0, 0.1) is 0 Å². The van der Waals surface area contributed by atoms with Crippen molar-refractivity contribution >= 4 is 45.1 Å². The third-order valence-corrected chi connectivity index (χ3v) is 4.46. The zero-order chi connectivity index (χ0) is 12.5. The molecule has 0 amide bonds. The summed E-state index contributed by atoms with van der Waals surface area (Å²) in [4.78, 5) is 9.21. The van der Waals surface area contributed by atoms with Gasteiger partial charge in [-0.25, -0.2) is 0 Å². The van der Waals surface area contributed by atoms with Crippen molar-refractivity contribution in [2.45, 2.75) is 9.92 Å². The number of halogens is 2. The number of fused-ring (bicyclic) bond motifs is 1. The zero-order valence-corrected chi connectivity index (χ0v) is 12.1. The van der Waals surface area contributed by atoms with Gasteiger partial charge in [0.25, 0.3) is 5.78 Å². The molecule has 90 valence electrons. The second-order valence-electron chi connectivity index (χ2n) is 3.42. The van der Waals surface area contributed by atoms with E-state index in [1.54, 1.807) is 22.3 Å². The molecule has 0 bridgehead atoms. The zero-order valence-electron chi connectivity index (χ0n) is 8.92. The highest BCUT2D eigenvalue weighted by molar-refractivity contribution is 9.10. The summed E-state index contributed by atoms with van der Waals surface area (Å²) in [5, 5.41) is 5.41. The molecule has 0 radical (unpaired) electrons. The topological polar surface area (TPSA) is 43.1 Å². The maximum atomic E-state index is 5.97. The van der Waals surface area contributed by atoms with Crippen LogP contribution in [0.25, 0.3) is 5.78 Å². The van der Waals surface area contributed by atoms with Crippen molar-refractivity contribution in [2.24, 2.45) is 0 Å². The predicted molar refractivity (Wildman–Crippen MR) is 74.1 cm³/mol.